The van der Waals surface area contributed by atoms with Crippen molar-refractivity contribution in [2.24, 2.45) is 5.92 Å². The fraction of sp³-hybridized carbons (Fsp3) is 0.400. The number of rotatable bonds is 3. The first kappa shape index (κ1) is 14.3. The minimum atomic E-state index is 0.532. The first-order valence-corrected chi connectivity index (χ1v) is 7.97. The minimum absolute atomic E-state index is 0.532. The molecule has 0 unspecified atom stereocenters. The summed E-state index contributed by atoms with van der Waals surface area (Å²) in [4.78, 5) is 6.85. The highest BCUT2D eigenvalue weighted by Gasteiger charge is 2.17. The quantitative estimate of drug-likeness (QED) is 0.918. The van der Waals surface area contributed by atoms with Crippen molar-refractivity contribution in [2.75, 3.05) is 23.3 Å². The second-order valence-electron chi connectivity index (χ2n) is 5.44. The summed E-state index contributed by atoms with van der Waals surface area (Å²) in [6.45, 7) is 4.38. The van der Waals surface area contributed by atoms with E-state index in [1.807, 2.05) is 24.3 Å². The van der Waals surface area contributed by atoms with Gasteiger partial charge in [0.2, 0.25) is 5.95 Å². The van der Waals surface area contributed by atoms with Crippen LogP contribution in [0.1, 0.15) is 19.8 Å². The van der Waals surface area contributed by atoms with E-state index in [0.29, 0.717) is 5.95 Å². The summed E-state index contributed by atoms with van der Waals surface area (Å²) in [7, 11) is 0. The molecule has 0 amide bonds. The molecule has 1 aromatic carbocycles. The second kappa shape index (κ2) is 6.39. The van der Waals surface area contributed by atoms with Crippen LogP contribution in [-0.4, -0.2) is 28.3 Å². The van der Waals surface area contributed by atoms with Gasteiger partial charge < -0.3 is 10.2 Å². The molecular formula is C15H18BrN5. The van der Waals surface area contributed by atoms with Gasteiger partial charge >= 0.3 is 0 Å². The Balaban J connectivity index is 1.74. The molecule has 1 saturated heterocycles. The van der Waals surface area contributed by atoms with Crippen molar-refractivity contribution in [1.29, 1.82) is 0 Å². The van der Waals surface area contributed by atoms with Crippen LogP contribution < -0.4 is 10.2 Å². The molecule has 0 saturated carbocycles. The van der Waals surface area contributed by atoms with Crippen LogP contribution in [0.15, 0.2) is 34.9 Å². The van der Waals surface area contributed by atoms with Crippen molar-refractivity contribution in [1.82, 2.24) is 15.2 Å². The fourth-order valence-corrected chi connectivity index (χ4v) is 2.83. The lowest BCUT2D eigenvalue weighted by molar-refractivity contribution is 0.436. The lowest BCUT2D eigenvalue weighted by Crippen LogP contribution is -2.33. The summed E-state index contributed by atoms with van der Waals surface area (Å²) in [6.07, 6.45) is 4.15. The summed E-state index contributed by atoms with van der Waals surface area (Å²) in [5.74, 6) is 2.23. The number of aromatic nitrogens is 3. The smallest absolute Gasteiger partial charge is 0.249 e. The zero-order chi connectivity index (χ0) is 14.7. The Kier molecular flexibility index (Phi) is 4.34. The van der Waals surface area contributed by atoms with E-state index in [-0.39, 0.29) is 0 Å². The predicted molar refractivity (Wildman–Crippen MR) is 87.9 cm³/mol. The van der Waals surface area contributed by atoms with Crippen molar-refractivity contribution in [3.63, 3.8) is 0 Å². The van der Waals surface area contributed by atoms with E-state index in [0.717, 1.165) is 35.0 Å². The monoisotopic (exact) mass is 347 g/mol. The third kappa shape index (κ3) is 3.69. The van der Waals surface area contributed by atoms with Crippen LogP contribution in [0.3, 0.4) is 0 Å². The highest BCUT2D eigenvalue weighted by Crippen LogP contribution is 2.22. The van der Waals surface area contributed by atoms with Crippen molar-refractivity contribution in [3.05, 3.63) is 34.9 Å². The number of anilines is 3. The number of piperidine rings is 1. The molecule has 1 fully saturated rings. The molecule has 2 heterocycles. The lowest BCUT2D eigenvalue weighted by Gasteiger charge is -2.30. The standard InChI is InChI=1S/C15H18BrN5/c1-11-5-7-21(8-6-11)14-10-17-20-15(19-14)18-13-4-2-3-12(16)9-13/h2-4,9-11H,5-8H2,1H3,(H,18,19,20). The number of nitrogens with one attached hydrogen (secondary N) is 1. The Bertz CT molecular complexity index is 611. The Labute approximate surface area is 132 Å². The van der Waals surface area contributed by atoms with E-state index in [4.69, 9.17) is 0 Å². The number of hydrogen-bond acceptors (Lipinski definition) is 5. The van der Waals surface area contributed by atoms with Gasteiger partial charge in [-0.1, -0.05) is 28.9 Å². The molecule has 21 heavy (non-hydrogen) atoms. The second-order valence-corrected chi connectivity index (χ2v) is 6.36. The highest BCUT2D eigenvalue weighted by atomic mass is 79.9. The van der Waals surface area contributed by atoms with Gasteiger partial charge in [-0.25, -0.2) is 0 Å². The van der Waals surface area contributed by atoms with E-state index in [1.54, 1.807) is 6.20 Å². The molecule has 3 rings (SSSR count). The van der Waals surface area contributed by atoms with E-state index in [2.05, 4.69) is 48.3 Å². The third-order valence-corrected chi connectivity index (χ3v) is 4.23. The van der Waals surface area contributed by atoms with Crippen LogP contribution in [-0.2, 0) is 0 Å². The van der Waals surface area contributed by atoms with E-state index >= 15 is 0 Å². The van der Waals surface area contributed by atoms with Crippen LogP contribution in [0.5, 0.6) is 0 Å². The maximum atomic E-state index is 4.57. The maximum Gasteiger partial charge on any atom is 0.249 e. The molecular weight excluding hydrogens is 330 g/mol. The van der Waals surface area contributed by atoms with Gasteiger partial charge in [-0.15, -0.1) is 5.10 Å². The summed E-state index contributed by atoms with van der Waals surface area (Å²) in [6, 6.07) is 7.91. The van der Waals surface area contributed by atoms with E-state index in [1.165, 1.54) is 12.8 Å². The van der Waals surface area contributed by atoms with Gasteiger partial charge in [-0.05, 0) is 37.0 Å². The van der Waals surface area contributed by atoms with Gasteiger partial charge in [0.25, 0.3) is 0 Å². The summed E-state index contributed by atoms with van der Waals surface area (Å²) < 4.78 is 1.02. The molecule has 0 atom stereocenters. The molecule has 6 heteroatoms. The van der Waals surface area contributed by atoms with Gasteiger partial charge in [0.05, 0.1) is 6.20 Å². The SMILES string of the molecule is CC1CCN(c2cnnc(Nc3cccc(Br)c3)n2)CC1. The molecule has 5 nitrogen and oxygen atoms in total. The number of halogens is 1. The predicted octanol–water partition coefficient (Wildman–Crippen LogP) is 3.61. The molecule has 1 aliphatic heterocycles. The van der Waals surface area contributed by atoms with Gasteiger partial charge in [0.15, 0.2) is 5.82 Å². The van der Waals surface area contributed by atoms with Gasteiger partial charge in [0.1, 0.15) is 0 Å². The molecule has 1 aromatic heterocycles. The Hall–Kier alpha value is -1.69. The molecule has 110 valence electrons. The van der Waals surface area contributed by atoms with Gasteiger partial charge in [-0.2, -0.15) is 10.1 Å². The van der Waals surface area contributed by atoms with Crippen LogP contribution in [0.2, 0.25) is 0 Å². The molecule has 1 N–H and O–H groups in total. The largest absolute Gasteiger partial charge is 0.355 e. The van der Waals surface area contributed by atoms with Crippen LogP contribution >= 0.6 is 15.9 Å². The minimum Gasteiger partial charge on any atom is -0.355 e. The Morgan fingerprint density at radius 2 is 2.10 bits per heavy atom. The average Bonchev–Trinajstić information content (AvgIpc) is 2.48. The third-order valence-electron chi connectivity index (χ3n) is 3.73. The first-order valence-electron chi connectivity index (χ1n) is 7.18. The zero-order valence-electron chi connectivity index (χ0n) is 12.0. The first-order chi connectivity index (χ1) is 10.2. The van der Waals surface area contributed by atoms with Crippen molar-refractivity contribution in [3.8, 4) is 0 Å². The molecule has 0 aliphatic carbocycles. The number of hydrogen-bond donors (Lipinski definition) is 1. The molecule has 1 aliphatic rings. The molecule has 0 bridgehead atoms. The van der Waals surface area contributed by atoms with Crippen LogP contribution in [0.4, 0.5) is 17.5 Å². The van der Waals surface area contributed by atoms with E-state index < -0.39 is 0 Å². The van der Waals surface area contributed by atoms with Gasteiger partial charge in [0, 0.05) is 23.2 Å². The van der Waals surface area contributed by atoms with Crippen molar-refractivity contribution < 1.29 is 0 Å². The summed E-state index contributed by atoms with van der Waals surface area (Å²) in [5, 5.41) is 11.3. The fourth-order valence-electron chi connectivity index (χ4n) is 2.43. The molecule has 2 aromatic rings. The van der Waals surface area contributed by atoms with Crippen molar-refractivity contribution >= 4 is 33.4 Å². The van der Waals surface area contributed by atoms with Crippen LogP contribution in [0.25, 0.3) is 0 Å². The Morgan fingerprint density at radius 1 is 1.29 bits per heavy atom. The average molecular weight is 348 g/mol. The topological polar surface area (TPSA) is 53.9 Å². The lowest BCUT2D eigenvalue weighted by atomic mass is 9.99. The normalized spacial score (nSPS) is 16.0. The number of benzene rings is 1. The van der Waals surface area contributed by atoms with E-state index in [9.17, 15) is 0 Å². The van der Waals surface area contributed by atoms with Crippen LogP contribution in [0, 0.1) is 5.92 Å². The summed E-state index contributed by atoms with van der Waals surface area (Å²) in [5.41, 5.74) is 0.940. The Morgan fingerprint density at radius 3 is 2.86 bits per heavy atom. The van der Waals surface area contributed by atoms with Gasteiger partial charge in [-0.3, -0.25) is 0 Å². The maximum absolute atomic E-state index is 4.57. The number of nitrogens with zero attached hydrogens (tertiary/aromatic N) is 4. The zero-order valence-corrected chi connectivity index (χ0v) is 13.5. The van der Waals surface area contributed by atoms with Crippen molar-refractivity contribution in [2.45, 2.75) is 19.8 Å². The molecule has 0 spiro atoms. The highest BCUT2D eigenvalue weighted by molar-refractivity contribution is 9.10. The summed E-state index contributed by atoms with van der Waals surface area (Å²) >= 11 is 3.45. The molecule has 0 radical (unpaired) electrons.